The third kappa shape index (κ3) is 6.20. The number of nitrogens with zero attached hydrogens (tertiary/aromatic N) is 6. The molecule has 214 valence electrons. The van der Waals surface area contributed by atoms with Gasteiger partial charge < -0.3 is 15.0 Å². The van der Waals surface area contributed by atoms with Crippen LogP contribution in [0.4, 0.5) is 48.2 Å². The van der Waals surface area contributed by atoms with Crippen molar-refractivity contribution in [3.05, 3.63) is 58.2 Å². The Kier molecular flexibility index (Phi) is 7.79. The third-order valence-electron chi connectivity index (χ3n) is 5.59. The maximum absolute atomic E-state index is 15.2. The van der Waals surface area contributed by atoms with Crippen molar-refractivity contribution < 1.29 is 40.3 Å². The molecule has 0 spiro atoms. The lowest BCUT2D eigenvalue weighted by molar-refractivity contribution is -0.139. The number of hydrogen-bond acceptors (Lipinski definition) is 9. The molecule has 0 radical (unpaired) electrons. The second kappa shape index (κ2) is 10.9. The van der Waals surface area contributed by atoms with Crippen LogP contribution < -0.4 is 25.4 Å². The molecule has 0 aromatic carbocycles. The lowest BCUT2D eigenvalue weighted by Gasteiger charge is -2.33. The zero-order chi connectivity index (χ0) is 29.2. The number of halogens is 7. The molecule has 4 heterocycles. The molecule has 40 heavy (non-hydrogen) atoms. The average Bonchev–Trinajstić information content (AvgIpc) is 2.87. The summed E-state index contributed by atoms with van der Waals surface area (Å²) in [6, 6.07) is 0.299. The van der Waals surface area contributed by atoms with E-state index in [2.05, 4.69) is 25.4 Å². The van der Waals surface area contributed by atoms with Crippen LogP contribution in [0.1, 0.15) is 18.1 Å². The molecule has 1 saturated heterocycles. The number of nitrogens with one attached hydrogen (secondary N) is 2. The fourth-order valence-corrected chi connectivity index (χ4v) is 3.72. The molecule has 1 atom stereocenters. The van der Waals surface area contributed by atoms with Gasteiger partial charge in [0.15, 0.2) is 11.6 Å². The van der Waals surface area contributed by atoms with E-state index in [1.807, 2.05) is 0 Å². The first-order valence-corrected chi connectivity index (χ1v) is 11.4. The van der Waals surface area contributed by atoms with Gasteiger partial charge in [0.05, 0.1) is 23.5 Å². The van der Waals surface area contributed by atoms with Crippen LogP contribution in [-0.4, -0.2) is 63.3 Å². The van der Waals surface area contributed by atoms with E-state index in [1.54, 1.807) is 5.10 Å². The number of rotatable bonds is 7. The topological polar surface area (TPSA) is 129 Å². The van der Waals surface area contributed by atoms with Gasteiger partial charge in [0.2, 0.25) is 17.7 Å². The molecule has 2 N–H and O–H groups in total. The highest BCUT2D eigenvalue weighted by atomic mass is 19.4. The Morgan fingerprint density at radius 1 is 1.05 bits per heavy atom. The number of ether oxygens (including phenoxy) is 1. The Labute approximate surface area is 220 Å². The number of pyridine rings is 1. The number of aromatic amines is 1. The number of aromatic nitrogens is 5. The summed E-state index contributed by atoms with van der Waals surface area (Å²) >= 11 is 0. The van der Waals surface area contributed by atoms with Gasteiger partial charge in [-0.1, -0.05) is 0 Å². The first-order chi connectivity index (χ1) is 18.8. The minimum atomic E-state index is -4.96. The van der Waals surface area contributed by atoms with Gasteiger partial charge in [-0.05, 0) is 6.92 Å². The number of carbonyl (C=O) groups excluding carboxylic acids is 1. The van der Waals surface area contributed by atoms with Crippen molar-refractivity contribution in [2.45, 2.75) is 25.3 Å². The van der Waals surface area contributed by atoms with Crippen LogP contribution in [0.3, 0.4) is 0 Å². The van der Waals surface area contributed by atoms with E-state index in [0.29, 0.717) is 12.4 Å². The molecular formula is C22H19F7N8O3. The van der Waals surface area contributed by atoms with E-state index >= 15 is 4.39 Å². The molecule has 4 rings (SSSR count). The van der Waals surface area contributed by atoms with Crippen molar-refractivity contribution in [1.82, 2.24) is 25.1 Å². The minimum Gasteiger partial charge on any atom is -0.488 e. The molecule has 3 aromatic heterocycles. The van der Waals surface area contributed by atoms with Crippen molar-refractivity contribution in [3.8, 4) is 5.75 Å². The Bertz CT molecular complexity index is 1430. The summed E-state index contributed by atoms with van der Waals surface area (Å²) in [6.45, 7) is 0.648. The largest absolute Gasteiger partial charge is 0.488 e. The minimum absolute atomic E-state index is 0.0516. The number of anilines is 3. The monoisotopic (exact) mass is 576 g/mol. The first-order valence-electron chi connectivity index (χ1n) is 11.4. The van der Waals surface area contributed by atoms with Crippen molar-refractivity contribution in [2.75, 3.05) is 41.4 Å². The molecule has 1 amide bonds. The molecule has 1 unspecified atom stereocenters. The van der Waals surface area contributed by atoms with Gasteiger partial charge in [0, 0.05) is 37.7 Å². The predicted molar refractivity (Wildman–Crippen MR) is 124 cm³/mol. The Morgan fingerprint density at radius 3 is 2.38 bits per heavy atom. The van der Waals surface area contributed by atoms with Crippen LogP contribution in [0.25, 0.3) is 0 Å². The van der Waals surface area contributed by atoms with Crippen molar-refractivity contribution in [3.63, 3.8) is 0 Å². The van der Waals surface area contributed by atoms with Crippen LogP contribution in [0.5, 0.6) is 5.75 Å². The van der Waals surface area contributed by atoms with E-state index in [4.69, 9.17) is 4.74 Å². The van der Waals surface area contributed by atoms with Crippen LogP contribution in [0.15, 0.2) is 35.6 Å². The Morgan fingerprint density at radius 2 is 1.75 bits per heavy atom. The number of piperazine rings is 1. The van der Waals surface area contributed by atoms with E-state index in [0.717, 1.165) is 23.4 Å². The summed E-state index contributed by atoms with van der Waals surface area (Å²) in [6.07, 6.45) is -6.46. The first kappa shape index (κ1) is 28.5. The van der Waals surface area contributed by atoms with Crippen molar-refractivity contribution >= 4 is 23.4 Å². The summed E-state index contributed by atoms with van der Waals surface area (Å²) in [4.78, 5) is 37.9. The highest BCUT2D eigenvalue weighted by Crippen LogP contribution is 2.32. The fourth-order valence-electron chi connectivity index (χ4n) is 3.72. The van der Waals surface area contributed by atoms with Gasteiger partial charge >= 0.3 is 12.4 Å². The van der Waals surface area contributed by atoms with Crippen molar-refractivity contribution in [1.29, 1.82) is 0 Å². The third-order valence-corrected chi connectivity index (χ3v) is 5.59. The number of amides is 1. The standard InChI is InChI=1S/C22H19F7N8O3/c1-11(34-13-8-33-35-19(39)16(13)22(27,28)29)10-40-14-2-3-30-18(17(14)23)37-5-4-36(9-15(37)38)20-31-6-12(7-32-20)21(24,25)26/h2-3,6-8,11H,4-5,9-10H2,1H3,(H2,34,35,39). The predicted octanol–water partition coefficient (Wildman–Crippen LogP) is 2.86. The normalized spacial score (nSPS) is 15.2. The van der Waals surface area contributed by atoms with Crippen LogP contribution >= 0.6 is 0 Å². The van der Waals surface area contributed by atoms with Crippen LogP contribution in [0, 0.1) is 5.82 Å². The molecule has 1 aliphatic rings. The zero-order valence-corrected chi connectivity index (χ0v) is 20.3. The van der Waals surface area contributed by atoms with Gasteiger partial charge in [-0.25, -0.2) is 20.1 Å². The van der Waals surface area contributed by atoms with Gasteiger partial charge in [0.1, 0.15) is 18.7 Å². The van der Waals surface area contributed by atoms with E-state index < -0.39 is 52.5 Å². The molecular weight excluding hydrogens is 557 g/mol. The van der Waals surface area contributed by atoms with Gasteiger partial charge in [-0.15, -0.1) is 0 Å². The molecule has 1 fully saturated rings. The second-order valence-electron chi connectivity index (χ2n) is 8.53. The molecule has 11 nitrogen and oxygen atoms in total. The summed E-state index contributed by atoms with van der Waals surface area (Å²) in [5.41, 5.74) is -4.57. The maximum atomic E-state index is 15.2. The van der Waals surface area contributed by atoms with Gasteiger partial charge in [0.25, 0.3) is 5.56 Å². The van der Waals surface area contributed by atoms with Crippen LogP contribution in [-0.2, 0) is 17.1 Å². The highest BCUT2D eigenvalue weighted by molar-refractivity contribution is 5.96. The molecule has 0 saturated carbocycles. The lowest BCUT2D eigenvalue weighted by Crippen LogP contribution is -2.51. The average molecular weight is 576 g/mol. The van der Waals surface area contributed by atoms with Crippen molar-refractivity contribution in [2.24, 2.45) is 0 Å². The van der Waals surface area contributed by atoms with E-state index in [1.165, 1.54) is 11.8 Å². The SMILES string of the molecule is CC(COc1ccnc(N2CCN(c3ncc(C(F)(F)F)cn3)CC2=O)c1F)Nc1cn[nH]c(=O)c1C(F)(F)F. The number of H-pyrrole nitrogens is 1. The quantitative estimate of drug-likeness (QED) is 0.408. The number of carbonyl (C=O) groups is 1. The molecule has 1 aliphatic heterocycles. The van der Waals surface area contributed by atoms with E-state index in [-0.39, 0.29) is 43.8 Å². The summed E-state index contributed by atoms with van der Waals surface area (Å²) < 4.78 is 98.5. The number of alkyl halides is 6. The molecule has 3 aromatic rings. The summed E-state index contributed by atoms with van der Waals surface area (Å²) in [7, 11) is 0. The fraction of sp³-hybridized carbons (Fsp3) is 0.364. The van der Waals surface area contributed by atoms with Gasteiger partial charge in [-0.2, -0.15) is 35.8 Å². The molecule has 18 heteroatoms. The van der Waals surface area contributed by atoms with Gasteiger partial charge in [-0.3, -0.25) is 14.5 Å². The second-order valence-corrected chi connectivity index (χ2v) is 8.53. The summed E-state index contributed by atoms with van der Waals surface area (Å²) in [5, 5.41) is 7.51. The summed E-state index contributed by atoms with van der Waals surface area (Å²) in [5.74, 6) is -2.50. The lowest BCUT2D eigenvalue weighted by atomic mass is 10.2. The van der Waals surface area contributed by atoms with E-state index in [9.17, 15) is 35.9 Å². The highest BCUT2D eigenvalue weighted by Gasteiger charge is 2.38. The zero-order valence-electron chi connectivity index (χ0n) is 20.3. The maximum Gasteiger partial charge on any atom is 0.423 e. The number of hydrogen-bond donors (Lipinski definition) is 2. The smallest absolute Gasteiger partial charge is 0.423 e. The van der Waals surface area contributed by atoms with Crippen LogP contribution in [0.2, 0.25) is 0 Å². The molecule has 0 aliphatic carbocycles. The molecule has 0 bridgehead atoms. The Balaban J connectivity index is 1.41. The Hall–Kier alpha value is -4.51.